The lowest BCUT2D eigenvalue weighted by Crippen LogP contribution is -2.41. The quantitative estimate of drug-likeness (QED) is 0.226. The van der Waals surface area contributed by atoms with Crippen molar-refractivity contribution in [2.24, 2.45) is 0 Å². The van der Waals surface area contributed by atoms with E-state index >= 15 is 0 Å². The van der Waals surface area contributed by atoms with Crippen molar-refractivity contribution in [3.63, 3.8) is 0 Å². The molecule has 1 fully saturated rings. The Morgan fingerprint density at radius 2 is 1.78 bits per heavy atom. The van der Waals surface area contributed by atoms with Crippen LogP contribution in [0, 0.1) is 0 Å². The lowest BCUT2D eigenvalue weighted by molar-refractivity contribution is -0.117. The van der Waals surface area contributed by atoms with E-state index in [0.717, 1.165) is 30.3 Å². The molecule has 1 unspecified atom stereocenters. The van der Waals surface area contributed by atoms with Gasteiger partial charge in [-0.15, -0.1) is 0 Å². The Bertz CT molecular complexity index is 861. The van der Waals surface area contributed by atoms with Gasteiger partial charge in [0.25, 0.3) is 10.1 Å². The van der Waals surface area contributed by atoms with Crippen LogP contribution < -0.4 is 4.90 Å². The third-order valence-corrected chi connectivity index (χ3v) is 11.7. The molecule has 6 nitrogen and oxygen atoms in total. The maximum atomic E-state index is 12.5. The smallest absolute Gasteiger partial charge is 0.264 e. The molecule has 0 bridgehead atoms. The SMILES string of the molecule is CCCCCC(O[Si](C)(C)C(C)(C)C)c1ccc(N2C(=O)CC[C@@H]2COS(C)(=O)=O)cc1. The minimum Gasteiger partial charge on any atom is -0.410 e. The number of carbonyl (C=O) groups is 1. The summed E-state index contributed by atoms with van der Waals surface area (Å²) in [6.07, 6.45) is 6.50. The summed E-state index contributed by atoms with van der Waals surface area (Å²) < 4.78 is 34.5. The standard InChI is InChI=1S/C24H41NO5SSi/c1-8-9-10-11-22(30-32(6,7)24(2,3)4)19-12-14-20(15-13-19)25-21(16-17-23(25)26)18-29-31(5,27)28/h12-15,21-22H,8-11,16-18H2,1-7H3/t21-,22?/m1/s1. The van der Waals surface area contributed by atoms with Crippen molar-refractivity contribution in [1.29, 1.82) is 0 Å². The lowest BCUT2D eigenvalue weighted by Gasteiger charge is -2.39. The summed E-state index contributed by atoms with van der Waals surface area (Å²) in [5, 5.41) is 0.130. The number of nitrogens with zero attached hydrogens (tertiary/aromatic N) is 1. The maximum absolute atomic E-state index is 12.5. The summed E-state index contributed by atoms with van der Waals surface area (Å²) in [5.41, 5.74) is 1.91. The van der Waals surface area contributed by atoms with Gasteiger partial charge in [-0.25, -0.2) is 0 Å². The van der Waals surface area contributed by atoms with Crippen LogP contribution in [0.4, 0.5) is 5.69 Å². The van der Waals surface area contributed by atoms with Gasteiger partial charge in [0, 0.05) is 12.1 Å². The summed E-state index contributed by atoms with van der Waals surface area (Å²) in [7, 11) is -5.48. The monoisotopic (exact) mass is 483 g/mol. The number of unbranched alkanes of at least 4 members (excludes halogenated alkanes) is 2. The highest BCUT2D eigenvalue weighted by molar-refractivity contribution is 7.85. The van der Waals surface area contributed by atoms with E-state index in [1.807, 2.05) is 12.1 Å². The van der Waals surface area contributed by atoms with Gasteiger partial charge in [0.05, 0.1) is 25.0 Å². The van der Waals surface area contributed by atoms with Crippen molar-refractivity contribution >= 4 is 30.0 Å². The van der Waals surface area contributed by atoms with Gasteiger partial charge >= 0.3 is 0 Å². The third kappa shape index (κ3) is 7.40. The molecule has 0 N–H and O–H groups in total. The fourth-order valence-electron chi connectivity index (χ4n) is 3.71. The summed E-state index contributed by atoms with van der Waals surface area (Å²) in [6, 6.07) is 7.74. The Morgan fingerprint density at radius 1 is 1.16 bits per heavy atom. The van der Waals surface area contributed by atoms with Gasteiger partial charge in [0.15, 0.2) is 8.32 Å². The summed E-state index contributed by atoms with van der Waals surface area (Å²) in [4.78, 5) is 14.2. The zero-order chi connectivity index (χ0) is 24.2. The van der Waals surface area contributed by atoms with E-state index in [1.54, 1.807) is 4.90 Å². The molecule has 182 valence electrons. The van der Waals surface area contributed by atoms with Crippen LogP contribution in [0.15, 0.2) is 24.3 Å². The highest BCUT2D eigenvalue weighted by atomic mass is 32.2. The van der Waals surface area contributed by atoms with E-state index in [0.29, 0.717) is 12.8 Å². The zero-order valence-corrected chi connectivity index (χ0v) is 22.6. The normalized spacial score (nSPS) is 18.9. The number of anilines is 1. The second-order valence-corrected chi connectivity index (χ2v) is 16.8. The predicted octanol–water partition coefficient (Wildman–Crippen LogP) is 5.80. The fraction of sp³-hybridized carbons (Fsp3) is 0.708. The number of carbonyl (C=O) groups excluding carboxylic acids is 1. The van der Waals surface area contributed by atoms with Gasteiger partial charge in [0.1, 0.15) is 0 Å². The number of amides is 1. The molecule has 8 heteroatoms. The first-order valence-electron chi connectivity index (χ1n) is 11.7. The first-order valence-corrected chi connectivity index (χ1v) is 16.4. The summed E-state index contributed by atoms with van der Waals surface area (Å²) in [5.74, 6) is -0.00290. The molecule has 0 spiro atoms. The molecule has 0 aromatic heterocycles. The van der Waals surface area contributed by atoms with Crippen molar-refractivity contribution in [2.45, 2.75) is 96.5 Å². The van der Waals surface area contributed by atoms with Crippen molar-refractivity contribution in [3.8, 4) is 0 Å². The number of rotatable bonds is 11. The molecule has 1 aromatic carbocycles. The summed E-state index contributed by atoms with van der Waals surface area (Å²) >= 11 is 0. The van der Waals surface area contributed by atoms with Crippen molar-refractivity contribution in [3.05, 3.63) is 29.8 Å². The number of benzene rings is 1. The molecular weight excluding hydrogens is 442 g/mol. The topological polar surface area (TPSA) is 72.9 Å². The molecule has 0 aliphatic carbocycles. The molecule has 1 aliphatic rings. The van der Waals surface area contributed by atoms with Gasteiger partial charge in [-0.1, -0.05) is 59.1 Å². The molecule has 0 radical (unpaired) electrons. The van der Waals surface area contributed by atoms with Crippen LogP contribution in [0.5, 0.6) is 0 Å². The highest BCUT2D eigenvalue weighted by Crippen LogP contribution is 2.41. The van der Waals surface area contributed by atoms with E-state index in [-0.39, 0.29) is 29.7 Å². The van der Waals surface area contributed by atoms with Crippen LogP contribution >= 0.6 is 0 Å². The Balaban J connectivity index is 2.22. The van der Waals surface area contributed by atoms with Crippen LogP contribution in [-0.2, 0) is 23.5 Å². The molecule has 32 heavy (non-hydrogen) atoms. The second-order valence-electron chi connectivity index (χ2n) is 10.4. The van der Waals surface area contributed by atoms with Crippen LogP contribution in [0.2, 0.25) is 18.1 Å². The van der Waals surface area contributed by atoms with Gasteiger partial charge in [-0.2, -0.15) is 8.42 Å². The average molecular weight is 484 g/mol. The molecule has 2 rings (SSSR count). The van der Waals surface area contributed by atoms with E-state index < -0.39 is 18.4 Å². The minimum absolute atomic E-state index is 0.00290. The third-order valence-electron chi connectivity index (χ3n) is 6.66. The van der Waals surface area contributed by atoms with Crippen molar-refractivity contribution in [1.82, 2.24) is 0 Å². The molecule has 1 aromatic rings. The molecule has 1 saturated heterocycles. The molecule has 2 atom stereocenters. The van der Waals surface area contributed by atoms with Crippen LogP contribution in [0.1, 0.15) is 77.9 Å². The predicted molar refractivity (Wildman–Crippen MR) is 133 cm³/mol. The van der Waals surface area contributed by atoms with E-state index in [9.17, 15) is 13.2 Å². The maximum Gasteiger partial charge on any atom is 0.264 e. The fourth-order valence-corrected chi connectivity index (χ4v) is 5.44. The minimum atomic E-state index is -3.54. The summed E-state index contributed by atoms with van der Waals surface area (Å²) in [6.45, 7) is 13.5. The number of hydrogen-bond acceptors (Lipinski definition) is 5. The highest BCUT2D eigenvalue weighted by Gasteiger charge is 2.39. The Kier molecular flexibility index (Phi) is 9.12. The molecule has 1 heterocycles. The van der Waals surface area contributed by atoms with E-state index in [2.05, 4.69) is 52.9 Å². The molecular formula is C24H41NO5SSi. The Labute approximate surface area is 195 Å². The van der Waals surface area contributed by atoms with Gasteiger partial charge in [-0.3, -0.25) is 8.98 Å². The van der Waals surface area contributed by atoms with Crippen LogP contribution in [-0.4, -0.2) is 41.5 Å². The van der Waals surface area contributed by atoms with Crippen LogP contribution in [0.25, 0.3) is 0 Å². The van der Waals surface area contributed by atoms with Gasteiger partial charge in [-0.05, 0) is 48.7 Å². The zero-order valence-electron chi connectivity index (χ0n) is 20.8. The first-order chi connectivity index (χ1) is 14.7. The van der Waals surface area contributed by atoms with Gasteiger partial charge < -0.3 is 9.33 Å². The van der Waals surface area contributed by atoms with Crippen molar-refractivity contribution < 1.29 is 21.8 Å². The second kappa shape index (κ2) is 10.8. The van der Waals surface area contributed by atoms with Crippen molar-refractivity contribution in [2.75, 3.05) is 17.8 Å². The largest absolute Gasteiger partial charge is 0.410 e. The first kappa shape index (κ1) is 27.0. The lowest BCUT2D eigenvalue weighted by atomic mass is 10.0. The Hall–Kier alpha value is -1.22. The van der Waals surface area contributed by atoms with Crippen LogP contribution in [0.3, 0.4) is 0 Å². The molecule has 1 amide bonds. The molecule has 0 saturated carbocycles. The van der Waals surface area contributed by atoms with E-state index in [1.165, 1.54) is 12.8 Å². The van der Waals surface area contributed by atoms with E-state index in [4.69, 9.17) is 8.61 Å². The average Bonchev–Trinajstić information content (AvgIpc) is 3.05. The molecule has 1 aliphatic heterocycles. The Morgan fingerprint density at radius 3 is 2.31 bits per heavy atom. The number of hydrogen-bond donors (Lipinski definition) is 0. The van der Waals surface area contributed by atoms with Gasteiger partial charge in [0.2, 0.25) is 5.91 Å².